The third kappa shape index (κ3) is 12.4. The maximum absolute atomic E-state index is 13.2. The van der Waals surface area contributed by atoms with Crippen LogP contribution in [0.1, 0.15) is 43.7 Å². The molecule has 0 saturated carbocycles. The van der Waals surface area contributed by atoms with Gasteiger partial charge in [0.05, 0.1) is 50.7 Å². The van der Waals surface area contributed by atoms with E-state index in [0.717, 1.165) is 0 Å². The van der Waals surface area contributed by atoms with Gasteiger partial charge in [0.2, 0.25) is 5.91 Å². The lowest BCUT2D eigenvalue weighted by Crippen LogP contribution is -2.39. The molecule has 29 nitrogen and oxygen atoms in total. The molecular weight excluding hydrogens is 952 g/mol. The Morgan fingerprint density at radius 1 is 0.768 bits per heavy atom. The van der Waals surface area contributed by atoms with Crippen LogP contribution in [-0.2, 0) is 57.6 Å². The van der Waals surface area contributed by atoms with Crippen molar-refractivity contribution in [2.45, 2.75) is 75.2 Å². The van der Waals surface area contributed by atoms with Crippen molar-refractivity contribution in [3.8, 4) is 0 Å². The molecule has 4 aromatic heterocycles. The van der Waals surface area contributed by atoms with Crippen molar-refractivity contribution < 1.29 is 65.4 Å². The van der Waals surface area contributed by atoms with Crippen molar-refractivity contribution in [1.29, 1.82) is 0 Å². The molecular formula is C38H49N15O14P2. The maximum Gasteiger partial charge on any atom is 0.412 e. The summed E-state index contributed by atoms with van der Waals surface area (Å²) in [6.45, 7) is -0.478. The summed E-state index contributed by atoms with van der Waals surface area (Å²) in [6, 6.07) is 5.60. The van der Waals surface area contributed by atoms with E-state index >= 15 is 0 Å². The summed E-state index contributed by atoms with van der Waals surface area (Å²) < 4.78 is 75.3. The molecule has 0 spiro atoms. The van der Waals surface area contributed by atoms with Gasteiger partial charge in [0.1, 0.15) is 56.0 Å². The van der Waals surface area contributed by atoms with Gasteiger partial charge in [-0.15, -0.1) is 0 Å². The molecule has 0 bridgehead atoms. The summed E-state index contributed by atoms with van der Waals surface area (Å²) in [6.07, 6.45) is 0.394. The average Bonchev–Trinajstić information content (AvgIpc) is 4.14. The highest BCUT2D eigenvalue weighted by molar-refractivity contribution is 7.33. The number of ether oxygens (including phenoxy) is 4. The molecule has 3 saturated heterocycles. The lowest BCUT2D eigenvalue weighted by molar-refractivity contribution is -0.118. The highest BCUT2D eigenvalue weighted by atomic mass is 31.1. The minimum atomic E-state index is -3.14. The predicted octanol–water partition coefficient (Wildman–Crippen LogP) is 1.87. The number of likely N-dealkylation sites (N-methyl/N-ethyl adjacent to an activating group) is 1. The highest BCUT2D eigenvalue weighted by Crippen LogP contribution is 2.44. The number of carbonyl (C=O) groups is 4. The van der Waals surface area contributed by atoms with Crippen molar-refractivity contribution in [2.24, 2.45) is 5.73 Å². The van der Waals surface area contributed by atoms with E-state index in [-0.39, 0.29) is 74.5 Å². The van der Waals surface area contributed by atoms with Gasteiger partial charge < -0.3 is 69.8 Å². The smallest absolute Gasteiger partial charge is 0.412 e. The quantitative estimate of drug-likeness (QED) is 0.0581. The van der Waals surface area contributed by atoms with Gasteiger partial charge in [-0.3, -0.25) is 28.4 Å². The first-order valence-corrected chi connectivity index (χ1v) is 23.9. The van der Waals surface area contributed by atoms with Crippen LogP contribution in [0.3, 0.4) is 0 Å². The van der Waals surface area contributed by atoms with Crippen LogP contribution in [0, 0.1) is 0 Å². The van der Waals surface area contributed by atoms with Crippen molar-refractivity contribution in [2.75, 3.05) is 56.3 Å². The average molecular weight is 1000 g/mol. The van der Waals surface area contributed by atoms with Crippen LogP contribution >= 0.6 is 16.5 Å². The Hall–Kier alpha value is -6.42. The molecule has 1 aromatic carbocycles. The minimum absolute atomic E-state index is 0.0186. The topological polar surface area (TPSA) is 376 Å². The number of carbonyl (C=O) groups excluding carboxylic acids is 4. The molecule has 2 unspecified atom stereocenters. The predicted molar refractivity (Wildman–Crippen MR) is 240 cm³/mol. The summed E-state index contributed by atoms with van der Waals surface area (Å²) in [5, 5.41) is 13.2. The first kappa shape index (κ1) is 49.0. The standard InChI is InChI=1S/C38H49N15O14P2/c1-41-22(3-2-8-42-36(40)55)35(54)50-21-6-4-20(5-7-21)13-61-37(56)43-9-10-60-38(57)51-32-30-34(47-17-45-32)53(19-49-30)28-12-24-26(65-28)15-63-68(58)66-23-11-27(64-25(23)14-62-69(59)67-24)52-18-48-29-31(39)44-16-46-33(29)52/h4-7,16-19,22-28,41,68-69H,2-3,8-15H2,1H3,(H,43,56)(H,50,54)(H2,39,44,46)(H3,40,42,55)(H,45,47,51,57)/t22-,23-,24-,25+,26+,27+,28+/m0/s1. The Morgan fingerprint density at radius 2 is 1.39 bits per heavy atom. The Bertz CT molecular complexity index is 2680. The van der Waals surface area contributed by atoms with Gasteiger partial charge in [-0.1, -0.05) is 12.1 Å². The van der Waals surface area contributed by atoms with Crippen molar-refractivity contribution >= 4 is 80.3 Å². The second kappa shape index (κ2) is 22.8. The monoisotopic (exact) mass is 1000 g/mol. The van der Waals surface area contributed by atoms with Crippen LogP contribution < -0.4 is 38.1 Å². The molecule has 9 N–H and O–H groups in total. The first-order chi connectivity index (χ1) is 33.4. The van der Waals surface area contributed by atoms with E-state index in [1.54, 1.807) is 40.4 Å². The van der Waals surface area contributed by atoms with Crippen LogP contribution in [0.2, 0.25) is 0 Å². The van der Waals surface area contributed by atoms with Crippen LogP contribution in [0.25, 0.3) is 22.3 Å². The number of nitrogen functional groups attached to an aromatic ring is 1. The molecule has 0 radical (unpaired) electrons. The van der Waals surface area contributed by atoms with Crippen molar-refractivity contribution in [3.05, 3.63) is 55.1 Å². The Labute approximate surface area is 392 Å². The summed E-state index contributed by atoms with van der Waals surface area (Å²) in [5.74, 6) is -0.0387. The number of nitrogens with two attached hydrogens (primary N) is 2. The van der Waals surface area contributed by atoms with Crippen molar-refractivity contribution in [1.82, 2.24) is 55.0 Å². The van der Waals surface area contributed by atoms with E-state index in [4.69, 9.17) is 48.5 Å². The largest absolute Gasteiger partial charge is 0.447 e. The summed E-state index contributed by atoms with van der Waals surface area (Å²) in [7, 11) is -4.60. The Morgan fingerprint density at radius 3 is 2.03 bits per heavy atom. The number of primary amides is 1. The second-order valence-corrected chi connectivity index (χ2v) is 17.6. The van der Waals surface area contributed by atoms with E-state index < -0.39 is 77.6 Å². The van der Waals surface area contributed by atoms with Gasteiger partial charge >= 0.3 is 34.7 Å². The number of aromatic nitrogens is 8. The first-order valence-electron chi connectivity index (χ1n) is 21.5. The zero-order chi connectivity index (χ0) is 48.4. The number of imidazole rings is 2. The molecule has 69 heavy (non-hydrogen) atoms. The van der Waals surface area contributed by atoms with Gasteiger partial charge in [-0.05, 0) is 37.6 Å². The number of urea groups is 1. The molecule has 3 fully saturated rings. The Kier molecular flexibility index (Phi) is 16.2. The third-order valence-corrected chi connectivity index (χ3v) is 12.8. The fraction of sp³-hybridized carbons (Fsp3) is 0.474. The molecule has 3 aliphatic rings. The fourth-order valence-corrected chi connectivity index (χ4v) is 9.34. The molecule has 5 amide bonds. The number of amides is 5. The lowest BCUT2D eigenvalue weighted by Gasteiger charge is -2.23. The number of nitrogens with one attached hydrogen (secondary N) is 5. The molecule has 9 atom stereocenters. The minimum Gasteiger partial charge on any atom is -0.447 e. The van der Waals surface area contributed by atoms with Crippen LogP contribution in [0.15, 0.2) is 49.6 Å². The highest BCUT2D eigenvalue weighted by Gasteiger charge is 2.43. The molecule has 7 heterocycles. The number of alkyl carbamates (subject to hydrolysis) is 1. The second-order valence-electron chi connectivity index (χ2n) is 15.5. The summed E-state index contributed by atoms with van der Waals surface area (Å²) in [4.78, 5) is 73.8. The lowest BCUT2D eigenvalue weighted by atomic mass is 10.1. The molecule has 31 heteroatoms. The van der Waals surface area contributed by atoms with E-state index in [0.29, 0.717) is 41.8 Å². The molecule has 3 aliphatic heterocycles. The van der Waals surface area contributed by atoms with Gasteiger partial charge in [0.15, 0.2) is 28.4 Å². The number of rotatable bonds is 15. The van der Waals surface area contributed by atoms with Crippen LogP contribution in [-0.4, -0.2) is 134 Å². The Balaban J connectivity index is 0.773. The van der Waals surface area contributed by atoms with Crippen molar-refractivity contribution in [3.63, 3.8) is 0 Å². The van der Waals surface area contributed by atoms with Gasteiger partial charge in [-0.25, -0.2) is 44.3 Å². The molecule has 8 rings (SSSR count). The van der Waals surface area contributed by atoms with Crippen LogP contribution in [0.4, 0.5) is 31.7 Å². The number of anilines is 3. The number of benzene rings is 1. The van der Waals surface area contributed by atoms with E-state index in [2.05, 4.69) is 56.5 Å². The molecule has 370 valence electrons. The van der Waals surface area contributed by atoms with E-state index in [1.165, 1.54) is 25.3 Å². The normalized spacial score (nSPS) is 24.2. The van der Waals surface area contributed by atoms with Crippen LogP contribution in [0.5, 0.6) is 0 Å². The zero-order valence-corrected chi connectivity index (χ0v) is 38.7. The molecule has 0 aliphatic carbocycles. The number of hydrogen-bond acceptors (Lipinski definition) is 22. The number of fused-ring (bicyclic) bond motifs is 4. The van der Waals surface area contributed by atoms with Gasteiger partial charge in [0.25, 0.3) is 0 Å². The third-order valence-electron chi connectivity index (χ3n) is 11.0. The SMILES string of the molecule is CN[C@@H](CCCNC(N)=O)C(=O)Nc1ccc(COC(=O)NCCOC(=O)Nc2ncnc3c2ncn3[C@H]2C[C@@H]3O[PH](=O)OC[C@H]4O[C@@H](n5cnc6c(N)ncnc65)C[C@@H]4O[PH](=O)OC[C@H]3O2)cc1. The summed E-state index contributed by atoms with van der Waals surface area (Å²) >= 11 is 0. The van der Waals surface area contributed by atoms with Gasteiger partial charge in [-0.2, -0.15) is 0 Å². The fourth-order valence-electron chi connectivity index (χ4n) is 7.61. The number of nitrogens with zero attached hydrogens (tertiary/aromatic N) is 8. The summed E-state index contributed by atoms with van der Waals surface area (Å²) in [5.41, 5.74) is 13.5. The molecule has 5 aromatic rings. The van der Waals surface area contributed by atoms with E-state index in [9.17, 15) is 28.3 Å². The van der Waals surface area contributed by atoms with E-state index in [1.807, 2.05) is 0 Å². The number of hydrogen-bond donors (Lipinski definition) is 7. The zero-order valence-electron chi connectivity index (χ0n) is 36.7. The van der Waals surface area contributed by atoms with Gasteiger partial charge in [0, 0.05) is 25.1 Å². The maximum atomic E-state index is 13.2.